The molecule has 0 spiro atoms. The molecule has 0 bridgehead atoms. The molecule has 2 N–H and O–H groups in total. The standard InChI is InChI=1S/C17H34N2/c1-13(2)17(3,4)12-19-16-10-7-8-14(16)15-9-5-6-11-18-15/h13-16,18-19H,5-12H2,1-4H3. The molecular weight excluding hydrogens is 232 g/mol. The maximum atomic E-state index is 3.91. The van der Waals surface area contributed by atoms with Crippen LogP contribution in [0.3, 0.4) is 0 Å². The lowest BCUT2D eigenvalue weighted by Gasteiger charge is -2.36. The fraction of sp³-hybridized carbons (Fsp3) is 1.00. The van der Waals surface area contributed by atoms with Gasteiger partial charge in [0.05, 0.1) is 0 Å². The van der Waals surface area contributed by atoms with Crippen LogP contribution >= 0.6 is 0 Å². The van der Waals surface area contributed by atoms with E-state index in [0.717, 1.165) is 23.9 Å². The molecule has 0 aromatic heterocycles. The van der Waals surface area contributed by atoms with Crippen molar-refractivity contribution in [3.05, 3.63) is 0 Å². The minimum atomic E-state index is 0.410. The second-order valence-corrected chi connectivity index (χ2v) is 7.78. The summed E-state index contributed by atoms with van der Waals surface area (Å²) in [5, 5.41) is 7.68. The van der Waals surface area contributed by atoms with Gasteiger partial charge in [-0.3, -0.25) is 0 Å². The van der Waals surface area contributed by atoms with E-state index in [1.165, 1.54) is 51.6 Å². The van der Waals surface area contributed by atoms with Crippen molar-refractivity contribution >= 4 is 0 Å². The van der Waals surface area contributed by atoms with Gasteiger partial charge in [-0.25, -0.2) is 0 Å². The molecule has 3 unspecified atom stereocenters. The van der Waals surface area contributed by atoms with Gasteiger partial charge in [-0.2, -0.15) is 0 Å². The molecule has 2 rings (SSSR count). The van der Waals surface area contributed by atoms with Gasteiger partial charge in [0.1, 0.15) is 0 Å². The van der Waals surface area contributed by atoms with Gasteiger partial charge >= 0.3 is 0 Å². The van der Waals surface area contributed by atoms with Crippen LogP contribution in [0.2, 0.25) is 0 Å². The fourth-order valence-corrected chi connectivity index (χ4v) is 3.57. The second-order valence-electron chi connectivity index (χ2n) is 7.78. The molecule has 1 saturated carbocycles. The van der Waals surface area contributed by atoms with Crippen LogP contribution < -0.4 is 10.6 Å². The molecule has 0 amide bonds. The molecule has 1 aliphatic carbocycles. The van der Waals surface area contributed by atoms with Crippen molar-refractivity contribution in [3.8, 4) is 0 Å². The summed E-state index contributed by atoms with van der Waals surface area (Å²) in [6.07, 6.45) is 8.44. The lowest BCUT2D eigenvalue weighted by Crippen LogP contribution is -2.48. The molecule has 1 saturated heterocycles. The van der Waals surface area contributed by atoms with Gasteiger partial charge in [0, 0.05) is 18.6 Å². The van der Waals surface area contributed by atoms with Crippen molar-refractivity contribution in [1.82, 2.24) is 10.6 Å². The molecule has 1 aliphatic heterocycles. The molecule has 19 heavy (non-hydrogen) atoms. The summed E-state index contributed by atoms with van der Waals surface area (Å²) in [5.41, 5.74) is 0.410. The number of rotatable bonds is 5. The van der Waals surface area contributed by atoms with Crippen LogP contribution in [0, 0.1) is 17.3 Å². The summed E-state index contributed by atoms with van der Waals surface area (Å²) in [5.74, 6) is 1.62. The Labute approximate surface area is 120 Å². The van der Waals surface area contributed by atoms with Gasteiger partial charge in [0.15, 0.2) is 0 Å². The van der Waals surface area contributed by atoms with E-state index in [9.17, 15) is 0 Å². The van der Waals surface area contributed by atoms with Crippen molar-refractivity contribution in [1.29, 1.82) is 0 Å². The van der Waals surface area contributed by atoms with Crippen LogP contribution in [0.25, 0.3) is 0 Å². The van der Waals surface area contributed by atoms with Crippen LogP contribution in [0.15, 0.2) is 0 Å². The first-order chi connectivity index (χ1) is 9.00. The maximum absolute atomic E-state index is 3.91. The Kier molecular flexibility index (Phi) is 5.30. The Morgan fingerprint density at radius 1 is 1.11 bits per heavy atom. The highest BCUT2D eigenvalue weighted by Gasteiger charge is 2.35. The van der Waals surface area contributed by atoms with E-state index in [2.05, 4.69) is 38.3 Å². The smallest absolute Gasteiger partial charge is 0.0110 e. The van der Waals surface area contributed by atoms with Crippen molar-refractivity contribution in [2.75, 3.05) is 13.1 Å². The second kappa shape index (κ2) is 6.58. The van der Waals surface area contributed by atoms with E-state index >= 15 is 0 Å². The molecule has 3 atom stereocenters. The highest BCUT2D eigenvalue weighted by molar-refractivity contribution is 4.93. The van der Waals surface area contributed by atoms with Gasteiger partial charge in [0.2, 0.25) is 0 Å². The molecule has 0 radical (unpaired) electrons. The summed E-state index contributed by atoms with van der Waals surface area (Å²) in [6.45, 7) is 11.9. The van der Waals surface area contributed by atoms with Gasteiger partial charge < -0.3 is 10.6 Å². The van der Waals surface area contributed by atoms with E-state index in [4.69, 9.17) is 0 Å². The first kappa shape index (κ1) is 15.3. The Morgan fingerprint density at radius 3 is 2.53 bits per heavy atom. The van der Waals surface area contributed by atoms with Crippen LogP contribution in [-0.2, 0) is 0 Å². The first-order valence-electron chi connectivity index (χ1n) is 8.47. The third kappa shape index (κ3) is 3.95. The summed E-state index contributed by atoms with van der Waals surface area (Å²) in [6, 6.07) is 1.55. The normalized spacial score (nSPS) is 33.0. The molecule has 2 aliphatic rings. The third-order valence-electron chi connectivity index (χ3n) is 5.82. The molecule has 1 heterocycles. The first-order valence-corrected chi connectivity index (χ1v) is 8.47. The van der Waals surface area contributed by atoms with Crippen LogP contribution in [-0.4, -0.2) is 25.2 Å². The van der Waals surface area contributed by atoms with Gasteiger partial charge in [0.25, 0.3) is 0 Å². The zero-order valence-corrected chi connectivity index (χ0v) is 13.5. The molecule has 0 aromatic rings. The Hall–Kier alpha value is -0.0800. The van der Waals surface area contributed by atoms with Crippen molar-refractivity contribution in [2.45, 2.75) is 78.3 Å². The minimum absolute atomic E-state index is 0.410. The summed E-state index contributed by atoms with van der Waals surface area (Å²) in [7, 11) is 0. The molecular formula is C17H34N2. The highest BCUT2D eigenvalue weighted by Crippen LogP contribution is 2.33. The van der Waals surface area contributed by atoms with Crippen molar-refractivity contribution < 1.29 is 0 Å². The topological polar surface area (TPSA) is 24.1 Å². The zero-order valence-electron chi connectivity index (χ0n) is 13.5. The number of piperidine rings is 1. The van der Waals surface area contributed by atoms with Gasteiger partial charge in [-0.15, -0.1) is 0 Å². The largest absolute Gasteiger partial charge is 0.314 e. The maximum Gasteiger partial charge on any atom is 0.0110 e. The van der Waals surface area contributed by atoms with Gasteiger partial charge in [-0.05, 0) is 49.5 Å². The lowest BCUT2D eigenvalue weighted by atomic mass is 9.80. The van der Waals surface area contributed by atoms with E-state index in [1.54, 1.807) is 0 Å². The fourth-order valence-electron chi connectivity index (χ4n) is 3.57. The van der Waals surface area contributed by atoms with Crippen molar-refractivity contribution in [2.24, 2.45) is 17.3 Å². The monoisotopic (exact) mass is 266 g/mol. The van der Waals surface area contributed by atoms with E-state index < -0.39 is 0 Å². The Bertz CT molecular complexity index is 266. The van der Waals surface area contributed by atoms with Crippen LogP contribution in [0.4, 0.5) is 0 Å². The predicted octanol–water partition coefficient (Wildman–Crippen LogP) is 3.57. The summed E-state index contributed by atoms with van der Waals surface area (Å²) in [4.78, 5) is 0. The Balaban J connectivity index is 1.85. The summed E-state index contributed by atoms with van der Waals surface area (Å²) < 4.78 is 0. The van der Waals surface area contributed by atoms with E-state index in [1.807, 2.05) is 0 Å². The van der Waals surface area contributed by atoms with E-state index in [-0.39, 0.29) is 0 Å². The SMILES string of the molecule is CC(C)C(C)(C)CNC1CCCC1C1CCCCN1. The van der Waals surface area contributed by atoms with Crippen molar-refractivity contribution in [3.63, 3.8) is 0 Å². The molecule has 0 aromatic carbocycles. The van der Waals surface area contributed by atoms with Crippen LogP contribution in [0.5, 0.6) is 0 Å². The number of nitrogens with one attached hydrogen (secondary N) is 2. The van der Waals surface area contributed by atoms with Gasteiger partial charge in [-0.1, -0.05) is 40.5 Å². The summed E-state index contributed by atoms with van der Waals surface area (Å²) >= 11 is 0. The number of hydrogen-bond donors (Lipinski definition) is 2. The molecule has 2 fully saturated rings. The molecule has 2 nitrogen and oxygen atoms in total. The average Bonchev–Trinajstić information content (AvgIpc) is 2.85. The zero-order chi connectivity index (χ0) is 13.9. The third-order valence-corrected chi connectivity index (χ3v) is 5.82. The number of hydrogen-bond acceptors (Lipinski definition) is 2. The minimum Gasteiger partial charge on any atom is -0.314 e. The lowest BCUT2D eigenvalue weighted by molar-refractivity contribution is 0.200. The van der Waals surface area contributed by atoms with Crippen LogP contribution in [0.1, 0.15) is 66.2 Å². The molecule has 112 valence electrons. The average molecular weight is 266 g/mol. The quantitative estimate of drug-likeness (QED) is 0.795. The van der Waals surface area contributed by atoms with E-state index in [0.29, 0.717) is 5.41 Å². The Morgan fingerprint density at radius 2 is 1.89 bits per heavy atom. The molecule has 2 heteroatoms. The highest BCUT2D eigenvalue weighted by atomic mass is 15.0. The predicted molar refractivity (Wildman–Crippen MR) is 83.4 cm³/mol.